The molecule has 20 heavy (non-hydrogen) atoms. The molecule has 0 aliphatic carbocycles. The normalized spacial score (nSPS) is 13.2. The molecule has 0 bridgehead atoms. The van der Waals surface area contributed by atoms with Gasteiger partial charge in [0, 0.05) is 19.3 Å². The molecule has 0 aliphatic rings. The molecule has 112 valence electrons. The molecule has 1 unspecified atom stereocenters. The van der Waals surface area contributed by atoms with Crippen molar-refractivity contribution in [3.8, 4) is 0 Å². The van der Waals surface area contributed by atoms with E-state index in [0.29, 0.717) is 18.6 Å². The van der Waals surface area contributed by atoms with Gasteiger partial charge in [0.15, 0.2) is 15.6 Å². The van der Waals surface area contributed by atoms with Crippen LogP contribution in [-0.4, -0.2) is 38.9 Å². The maximum Gasteiger partial charge on any atom is 0.180 e. The van der Waals surface area contributed by atoms with Crippen molar-refractivity contribution in [3.63, 3.8) is 0 Å². The number of ketones is 1. The molecule has 1 rings (SSSR count). The van der Waals surface area contributed by atoms with E-state index in [1.807, 2.05) is 19.9 Å². The zero-order valence-corrected chi connectivity index (χ0v) is 13.3. The van der Waals surface area contributed by atoms with Gasteiger partial charge >= 0.3 is 0 Å². The Kier molecular flexibility index (Phi) is 5.89. The zero-order valence-electron chi connectivity index (χ0n) is 12.5. The predicted octanol–water partition coefficient (Wildman–Crippen LogP) is 2.33. The van der Waals surface area contributed by atoms with Gasteiger partial charge in [0.2, 0.25) is 0 Å². The van der Waals surface area contributed by atoms with Gasteiger partial charge in [0.1, 0.15) is 5.25 Å². The van der Waals surface area contributed by atoms with E-state index in [1.54, 1.807) is 12.1 Å². The van der Waals surface area contributed by atoms with E-state index < -0.39 is 15.1 Å². The SMILES string of the molecule is COCCCS(=O)(=O)C(C)C(=O)c1ccc(C)c(C)c1. The van der Waals surface area contributed by atoms with Crippen LogP contribution in [0.25, 0.3) is 0 Å². The fraction of sp³-hybridized carbons (Fsp3) is 0.533. The number of carbonyl (C=O) groups excluding carboxylic acids is 1. The largest absolute Gasteiger partial charge is 0.385 e. The van der Waals surface area contributed by atoms with Gasteiger partial charge in [0.05, 0.1) is 5.75 Å². The van der Waals surface area contributed by atoms with E-state index >= 15 is 0 Å². The number of rotatable bonds is 7. The van der Waals surface area contributed by atoms with Crippen LogP contribution in [0.4, 0.5) is 0 Å². The van der Waals surface area contributed by atoms with Crippen LogP contribution in [0.3, 0.4) is 0 Å². The molecule has 0 aromatic heterocycles. The van der Waals surface area contributed by atoms with Crippen molar-refractivity contribution in [1.29, 1.82) is 0 Å². The first-order valence-electron chi connectivity index (χ1n) is 6.61. The van der Waals surface area contributed by atoms with E-state index in [2.05, 4.69) is 0 Å². The molecule has 0 saturated heterocycles. The minimum absolute atomic E-state index is 0.0292. The van der Waals surface area contributed by atoms with Crippen molar-refractivity contribution in [1.82, 2.24) is 0 Å². The molecule has 1 atom stereocenters. The molecule has 5 heteroatoms. The fourth-order valence-electron chi connectivity index (χ4n) is 1.87. The zero-order chi connectivity index (χ0) is 15.3. The number of hydrogen-bond acceptors (Lipinski definition) is 4. The third-order valence-electron chi connectivity index (χ3n) is 3.48. The number of carbonyl (C=O) groups is 1. The molecular formula is C15H22O4S. The second-order valence-corrected chi connectivity index (χ2v) is 7.46. The second kappa shape index (κ2) is 6.99. The highest BCUT2D eigenvalue weighted by molar-refractivity contribution is 7.92. The van der Waals surface area contributed by atoms with Gasteiger partial charge in [-0.05, 0) is 44.4 Å². The topological polar surface area (TPSA) is 60.4 Å². The maximum absolute atomic E-state index is 12.3. The summed E-state index contributed by atoms with van der Waals surface area (Å²) in [6.07, 6.45) is 0.406. The average molecular weight is 298 g/mol. The van der Waals surface area contributed by atoms with Gasteiger partial charge in [-0.3, -0.25) is 4.79 Å². The van der Waals surface area contributed by atoms with E-state index in [9.17, 15) is 13.2 Å². The molecule has 0 spiro atoms. The monoisotopic (exact) mass is 298 g/mol. The van der Waals surface area contributed by atoms with Gasteiger partial charge in [-0.25, -0.2) is 8.42 Å². The lowest BCUT2D eigenvalue weighted by Crippen LogP contribution is -2.30. The average Bonchev–Trinajstić information content (AvgIpc) is 2.40. The standard InChI is InChI=1S/C15H22O4S/c1-11-6-7-14(10-12(11)2)15(16)13(3)20(17,18)9-5-8-19-4/h6-7,10,13H,5,8-9H2,1-4H3. The number of Topliss-reactive ketones (excluding diaryl/α,β-unsaturated/α-hetero) is 1. The smallest absolute Gasteiger partial charge is 0.180 e. The summed E-state index contributed by atoms with van der Waals surface area (Å²) in [5.41, 5.74) is 2.52. The quantitative estimate of drug-likeness (QED) is 0.572. The lowest BCUT2D eigenvalue weighted by molar-refractivity contribution is 0.0991. The number of ether oxygens (including phenoxy) is 1. The van der Waals surface area contributed by atoms with Crippen LogP contribution in [0, 0.1) is 13.8 Å². The lowest BCUT2D eigenvalue weighted by Gasteiger charge is -2.13. The minimum Gasteiger partial charge on any atom is -0.385 e. The number of benzene rings is 1. The van der Waals surface area contributed by atoms with Crippen molar-refractivity contribution in [3.05, 3.63) is 34.9 Å². The summed E-state index contributed by atoms with van der Waals surface area (Å²) in [6, 6.07) is 5.28. The van der Waals surface area contributed by atoms with Crippen LogP contribution in [0.5, 0.6) is 0 Å². The lowest BCUT2D eigenvalue weighted by atomic mass is 10.0. The van der Waals surface area contributed by atoms with Gasteiger partial charge < -0.3 is 4.74 Å². The van der Waals surface area contributed by atoms with E-state index in [-0.39, 0.29) is 11.5 Å². The van der Waals surface area contributed by atoms with Crippen LogP contribution in [-0.2, 0) is 14.6 Å². The molecule has 0 aliphatic heterocycles. The molecule has 4 nitrogen and oxygen atoms in total. The van der Waals surface area contributed by atoms with Crippen molar-refractivity contribution < 1.29 is 17.9 Å². The molecule has 0 radical (unpaired) electrons. The minimum atomic E-state index is -3.43. The van der Waals surface area contributed by atoms with Crippen LogP contribution in [0.15, 0.2) is 18.2 Å². The highest BCUT2D eigenvalue weighted by Gasteiger charge is 2.28. The van der Waals surface area contributed by atoms with Crippen molar-refractivity contribution in [2.45, 2.75) is 32.4 Å². The van der Waals surface area contributed by atoms with E-state index in [4.69, 9.17) is 4.74 Å². The first kappa shape index (κ1) is 16.9. The van der Waals surface area contributed by atoms with Crippen LogP contribution < -0.4 is 0 Å². The second-order valence-electron chi connectivity index (χ2n) is 5.02. The molecular weight excluding hydrogens is 276 g/mol. The maximum atomic E-state index is 12.3. The Morgan fingerprint density at radius 3 is 2.45 bits per heavy atom. The summed E-state index contributed by atoms with van der Waals surface area (Å²) in [4.78, 5) is 12.3. The van der Waals surface area contributed by atoms with Gasteiger partial charge in [-0.2, -0.15) is 0 Å². The summed E-state index contributed by atoms with van der Waals surface area (Å²) >= 11 is 0. The van der Waals surface area contributed by atoms with Crippen LogP contribution >= 0.6 is 0 Å². The molecule has 0 fully saturated rings. The van der Waals surface area contributed by atoms with Crippen molar-refractivity contribution in [2.75, 3.05) is 19.5 Å². The Morgan fingerprint density at radius 1 is 1.25 bits per heavy atom. The first-order valence-corrected chi connectivity index (χ1v) is 8.33. The molecule has 0 amide bonds. The summed E-state index contributed by atoms with van der Waals surface area (Å²) in [7, 11) is -1.91. The summed E-state index contributed by atoms with van der Waals surface area (Å²) in [6.45, 7) is 5.70. The third kappa shape index (κ3) is 4.15. The number of hydrogen-bond donors (Lipinski definition) is 0. The molecule has 0 heterocycles. The summed E-state index contributed by atoms with van der Waals surface area (Å²) < 4.78 is 29.0. The predicted molar refractivity (Wildman–Crippen MR) is 80.0 cm³/mol. The molecule has 0 N–H and O–H groups in total. The van der Waals surface area contributed by atoms with Gasteiger partial charge in [-0.15, -0.1) is 0 Å². The van der Waals surface area contributed by atoms with E-state index in [1.165, 1.54) is 14.0 Å². The number of sulfone groups is 1. The van der Waals surface area contributed by atoms with Crippen LogP contribution in [0.2, 0.25) is 0 Å². The van der Waals surface area contributed by atoms with Crippen molar-refractivity contribution in [2.24, 2.45) is 0 Å². The first-order chi connectivity index (χ1) is 9.29. The highest BCUT2D eigenvalue weighted by Crippen LogP contribution is 2.15. The van der Waals surface area contributed by atoms with Gasteiger partial charge in [-0.1, -0.05) is 12.1 Å². The Morgan fingerprint density at radius 2 is 1.90 bits per heavy atom. The Labute approximate surface area is 121 Å². The van der Waals surface area contributed by atoms with E-state index in [0.717, 1.165) is 11.1 Å². The third-order valence-corrected chi connectivity index (χ3v) is 5.63. The highest BCUT2D eigenvalue weighted by atomic mass is 32.2. The van der Waals surface area contributed by atoms with Gasteiger partial charge in [0.25, 0.3) is 0 Å². The number of methoxy groups -OCH3 is 1. The summed E-state index contributed by atoms with van der Waals surface area (Å²) in [5.74, 6) is -0.371. The molecule has 1 aromatic rings. The summed E-state index contributed by atoms with van der Waals surface area (Å²) in [5, 5.41) is -1.01. The fourth-order valence-corrected chi connectivity index (χ4v) is 3.21. The number of aryl methyl sites for hydroxylation is 2. The Balaban J connectivity index is 2.87. The molecule has 0 saturated carbocycles. The van der Waals surface area contributed by atoms with Crippen molar-refractivity contribution >= 4 is 15.6 Å². The molecule has 1 aromatic carbocycles. The Bertz CT molecular complexity index is 576. The Hall–Kier alpha value is -1.20. The van der Waals surface area contributed by atoms with Crippen LogP contribution in [0.1, 0.15) is 34.8 Å².